The Morgan fingerprint density at radius 2 is 1.50 bits per heavy atom. The highest BCUT2D eigenvalue weighted by molar-refractivity contribution is 5.97. The molecule has 1 saturated carbocycles. The summed E-state index contributed by atoms with van der Waals surface area (Å²) in [6.07, 6.45) is 8.28. The summed E-state index contributed by atoms with van der Waals surface area (Å²) in [6, 6.07) is 16.1. The fraction of sp³-hybridized carbons (Fsp3) is 0.484. The first kappa shape index (κ1) is 26.2. The summed E-state index contributed by atoms with van der Waals surface area (Å²) in [7, 11) is 0. The molecule has 5 nitrogen and oxygen atoms in total. The first-order valence-electron chi connectivity index (χ1n) is 13.8. The fourth-order valence-electron chi connectivity index (χ4n) is 5.57. The third-order valence-electron chi connectivity index (χ3n) is 7.72. The van der Waals surface area contributed by atoms with Crippen LogP contribution in [0.4, 0.5) is 0 Å². The van der Waals surface area contributed by atoms with Crippen LogP contribution in [0.2, 0.25) is 0 Å². The Kier molecular flexibility index (Phi) is 9.35. The number of hydrogen-bond donors (Lipinski definition) is 2. The summed E-state index contributed by atoms with van der Waals surface area (Å²) in [5, 5.41) is 6.64. The average Bonchev–Trinajstić information content (AvgIpc) is 2.94. The maximum absolute atomic E-state index is 13.0. The molecular weight excluding hydrogens is 446 g/mol. The second-order valence-electron chi connectivity index (χ2n) is 10.1. The minimum atomic E-state index is 0.0113. The van der Waals surface area contributed by atoms with Gasteiger partial charge in [0.05, 0.1) is 0 Å². The number of nitrogens with one attached hydrogen (secondary N) is 2. The highest BCUT2D eigenvalue weighted by atomic mass is 16.2. The number of hydrogen-bond acceptors (Lipinski definition) is 3. The number of piperidine rings is 1. The van der Waals surface area contributed by atoms with Crippen molar-refractivity contribution < 1.29 is 9.59 Å². The predicted octanol–water partition coefficient (Wildman–Crippen LogP) is 5.66. The highest BCUT2D eigenvalue weighted by Crippen LogP contribution is 2.32. The van der Waals surface area contributed by atoms with Crippen molar-refractivity contribution >= 4 is 17.4 Å². The number of carbonyl (C=O) groups is 2. The Bertz CT molecular complexity index is 1060. The van der Waals surface area contributed by atoms with Crippen molar-refractivity contribution in [1.29, 1.82) is 0 Å². The summed E-state index contributed by atoms with van der Waals surface area (Å²) in [6.45, 7) is 8.11. The Morgan fingerprint density at radius 1 is 0.861 bits per heavy atom. The molecule has 1 aliphatic heterocycles. The molecule has 2 fully saturated rings. The van der Waals surface area contributed by atoms with Crippen LogP contribution in [0.15, 0.2) is 54.1 Å². The second kappa shape index (κ2) is 12.9. The van der Waals surface area contributed by atoms with Crippen molar-refractivity contribution in [3.63, 3.8) is 0 Å². The van der Waals surface area contributed by atoms with Gasteiger partial charge in [-0.2, -0.15) is 0 Å². The van der Waals surface area contributed by atoms with E-state index in [0.29, 0.717) is 30.1 Å². The number of amides is 2. The maximum atomic E-state index is 13.0. The summed E-state index contributed by atoms with van der Waals surface area (Å²) >= 11 is 0. The number of nitrogens with zero attached hydrogens (tertiary/aromatic N) is 1. The van der Waals surface area contributed by atoms with Crippen LogP contribution in [0.3, 0.4) is 0 Å². The van der Waals surface area contributed by atoms with Crippen LogP contribution in [-0.4, -0.2) is 49.4 Å². The average molecular weight is 488 g/mol. The monoisotopic (exact) mass is 487 g/mol. The molecule has 2 aromatic rings. The van der Waals surface area contributed by atoms with E-state index in [1.165, 1.54) is 43.3 Å². The molecule has 0 unspecified atom stereocenters. The largest absolute Gasteiger partial charge is 0.352 e. The molecule has 1 saturated heterocycles. The zero-order valence-electron chi connectivity index (χ0n) is 21.9. The van der Waals surface area contributed by atoms with E-state index in [4.69, 9.17) is 0 Å². The smallest absolute Gasteiger partial charge is 0.253 e. The summed E-state index contributed by atoms with van der Waals surface area (Å²) < 4.78 is 0. The third kappa shape index (κ3) is 6.44. The molecule has 4 rings (SSSR count). The molecule has 0 radical (unpaired) electrons. The molecule has 0 atom stereocenters. The van der Waals surface area contributed by atoms with E-state index < -0.39 is 0 Å². The van der Waals surface area contributed by atoms with Gasteiger partial charge >= 0.3 is 0 Å². The van der Waals surface area contributed by atoms with E-state index in [2.05, 4.69) is 28.8 Å². The fourth-order valence-corrected chi connectivity index (χ4v) is 5.57. The molecular formula is C31H41N3O2. The van der Waals surface area contributed by atoms with E-state index in [1.807, 2.05) is 49.1 Å². The minimum absolute atomic E-state index is 0.0113. The molecule has 2 amide bonds. The predicted molar refractivity (Wildman–Crippen MR) is 147 cm³/mol. The topological polar surface area (TPSA) is 61.4 Å². The lowest BCUT2D eigenvalue weighted by atomic mass is 9.87. The lowest BCUT2D eigenvalue weighted by Crippen LogP contribution is -2.30. The Labute approximate surface area is 216 Å². The molecule has 2 aromatic carbocycles. The van der Waals surface area contributed by atoms with Crippen molar-refractivity contribution in [3.8, 4) is 0 Å². The van der Waals surface area contributed by atoms with Gasteiger partial charge in [-0.15, -0.1) is 0 Å². The molecule has 0 spiro atoms. The van der Waals surface area contributed by atoms with Gasteiger partial charge in [-0.05, 0) is 99.5 Å². The molecule has 1 aliphatic carbocycles. The molecule has 0 bridgehead atoms. The number of carbonyl (C=O) groups excluding carboxylic acids is 2. The van der Waals surface area contributed by atoms with Gasteiger partial charge < -0.3 is 15.5 Å². The van der Waals surface area contributed by atoms with Crippen LogP contribution in [0.1, 0.15) is 90.6 Å². The van der Waals surface area contributed by atoms with Crippen molar-refractivity contribution in [2.75, 3.05) is 32.7 Å². The van der Waals surface area contributed by atoms with E-state index in [-0.39, 0.29) is 11.8 Å². The minimum Gasteiger partial charge on any atom is -0.352 e. The number of rotatable bonds is 8. The first-order chi connectivity index (χ1) is 17.6. The van der Waals surface area contributed by atoms with Gasteiger partial charge in [0, 0.05) is 30.8 Å². The molecule has 0 aromatic heterocycles. The third-order valence-corrected chi connectivity index (χ3v) is 7.72. The van der Waals surface area contributed by atoms with Crippen LogP contribution >= 0.6 is 0 Å². The number of benzene rings is 2. The molecule has 36 heavy (non-hydrogen) atoms. The van der Waals surface area contributed by atoms with Crippen molar-refractivity contribution in [1.82, 2.24) is 15.5 Å². The van der Waals surface area contributed by atoms with Crippen molar-refractivity contribution in [2.45, 2.75) is 58.8 Å². The van der Waals surface area contributed by atoms with E-state index in [9.17, 15) is 9.59 Å². The Hall–Kier alpha value is -2.92. The zero-order chi connectivity index (χ0) is 25.3. The van der Waals surface area contributed by atoms with Gasteiger partial charge in [0.15, 0.2) is 0 Å². The van der Waals surface area contributed by atoms with Crippen LogP contribution < -0.4 is 10.6 Å². The maximum Gasteiger partial charge on any atom is 0.253 e. The van der Waals surface area contributed by atoms with E-state index in [0.717, 1.165) is 43.6 Å². The molecule has 1 heterocycles. The lowest BCUT2D eigenvalue weighted by molar-refractivity contribution is 0.0772. The van der Waals surface area contributed by atoms with Gasteiger partial charge in [-0.3, -0.25) is 9.59 Å². The molecule has 2 aliphatic rings. The first-order valence-corrected chi connectivity index (χ1v) is 13.8. The van der Waals surface area contributed by atoms with Gasteiger partial charge in [0.1, 0.15) is 0 Å². The normalized spacial score (nSPS) is 16.4. The Balaban J connectivity index is 1.59. The standard InChI is InChI=1S/C31H41N3O2/c1-3-34(4-2)31(36)26-15-13-24(14-16-26)29(25-17-19-32-20-18-25)27-11-8-12-28(21-27)30(35)33-22-23-9-6-5-7-10-23/h8,11-16,21,23,32H,3-7,9-10,17-20,22H2,1-2H3,(H,33,35). The van der Waals surface area contributed by atoms with Crippen LogP contribution in [0, 0.1) is 5.92 Å². The summed E-state index contributed by atoms with van der Waals surface area (Å²) in [5.74, 6) is 0.687. The molecule has 5 heteroatoms. The van der Waals surface area contributed by atoms with Crippen LogP contribution in [0.25, 0.3) is 5.57 Å². The summed E-state index contributed by atoms with van der Waals surface area (Å²) in [4.78, 5) is 27.7. The zero-order valence-corrected chi connectivity index (χ0v) is 21.9. The quantitative estimate of drug-likeness (QED) is 0.505. The van der Waals surface area contributed by atoms with Gasteiger partial charge in [0.2, 0.25) is 0 Å². The summed E-state index contributed by atoms with van der Waals surface area (Å²) in [5.41, 5.74) is 6.19. The van der Waals surface area contributed by atoms with Crippen molar-refractivity contribution in [3.05, 3.63) is 76.4 Å². The highest BCUT2D eigenvalue weighted by Gasteiger charge is 2.19. The second-order valence-corrected chi connectivity index (χ2v) is 10.1. The SMILES string of the molecule is CCN(CC)C(=O)c1ccc(C(=C2CCNCC2)c2cccc(C(=O)NCC3CCCCC3)c2)cc1. The van der Waals surface area contributed by atoms with E-state index >= 15 is 0 Å². The Morgan fingerprint density at radius 3 is 2.17 bits per heavy atom. The van der Waals surface area contributed by atoms with E-state index in [1.54, 1.807) is 0 Å². The van der Waals surface area contributed by atoms with Crippen LogP contribution in [-0.2, 0) is 0 Å². The molecule has 2 N–H and O–H groups in total. The molecule has 192 valence electrons. The van der Waals surface area contributed by atoms with Crippen LogP contribution in [0.5, 0.6) is 0 Å². The lowest BCUT2D eigenvalue weighted by Gasteiger charge is -2.23. The van der Waals surface area contributed by atoms with Gasteiger partial charge in [-0.25, -0.2) is 0 Å². The van der Waals surface area contributed by atoms with Crippen molar-refractivity contribution in [2.24, 2.45) is 5.92 Å². The van der Waals surface area contributed by atoms with Gasteiger partial charge in [0.25, 0.3) is 11.8 Å². The van der Waals surface area contributed by atoms with Gasteiger partial charge in [-0.1, -0.05) is 49.1 Å².